The van der Waals surface area contributed by atoms with Gasteiger partial charge in [-0.2, -0.15) is 0 Å². The van der Waals surface area contributed by atoms with Gasteiger partial charge < -0.3 is 4.42 Å². The lowest BCUT2D eigenvalue weighted by molar-refractivity contribution is 0.101. The number of fused-ring (bicyclic) bond motifs is 1. The van der Waals surface area contributed by atoms with Gasteiger partial charge in [-0.25, -0.2) is 8.78 Å². The molecule has 0 bridgehead atoms. The fourth-order valence-electron chi connectivity index (χ4n) is 1.95. The van der Waals surface area contributed by atoms with Crippen molar-refractivity contribution in [2.24, 2.45) is 0 Å². The molecule has 2 nitrogen and oxygen atoms in total. The Morgan fingerprint density at radius 3 is 2.50 bits per heavy atom. The van der Waals surface area contributed by atoms with E-state index in [2.05, 4.69) is 0 Å². The Hall–Kier alpha value is -2.20. The van der Waals surface area contributed by atoms with Gasteiger partial charge in [0.2, 0.25) is 5.78 Å². The van der Waals surface area contributed by atoms with Crippen molar-refractivity contribution in [3.8, 4) is 0 Å². The lowest BCUT2D eigenvalue weighted by Crippen LogP contribution is -2.01. The number of hydrogen-bond donors (Lipinski definition) is 0. The summed E-state index contributed by atoms with van der Waals surface area (Å²) in [5.41, 5.74) is -0.0329. The number of halogens is 3. The first-order valence-corrected chi connectivity index (χ1v) is 6.12. The summed E-state index contributed by atoms with van der Waals surface area (Å²) in [7, 11) is 0. The van der Waals surface area contributed by atoms with E-state index in [0.717, 1.165) is 6.07 Å². The first-order chi connectivity index (χ1) is 9.58. The number of para-hydroxylation sites is 1. The van der Waals surface area contributed by atoms with Crippen LogP contribution < -0.4 is 0 Å². The van der Waals surface area contributed by atoms with Crippen LogP contribution in [-0.4, -0.2) is 5.78 Å². The van der Waals surface area contributed by atoms with Crippen LogP contribution in [0.25, 0.3) is 11.0 Å². The molecule has 0 aliphatic rings. The Balaban J connectivity index is 2.13. The van der Waals surface area contributed by atoms with Gasteiger partial charge in [-0.05, 0) is 24.3 Å². The highest BCUT2D eigenvalue weighted by Crippen LogP contribution is 2.27. The summed E-state index contributed by atoms with van der Waals surface area (Å²) in [4.78, 5) is 12.2. The molecule has 0 amide bonds. The summed E-state index contributed by atoms with van der Waals surface area (Å²) in [6.45, 7) is 0. The van der Waals surface area contributed by atoms with Crippen LogP contribution in [0.4, 0.5) is 8.78 Å². The highest BCUT2D eigenvalue weighted by atomic mass is 35.5. The molecule has 2 aromatic carbocycles. The minimum Gasteiger partial charge on any atom is -0.449 e. The van der Waals surface area contributed by atoms with E-state index in [1.165, 1.54) is 30.3 Å². The SMILES string of the molecule is O=C(c1cc2cccc(F)c2o1)c1cccc(F)c1Cl. The van der Waals surface area contributed by atoms with Crippen LogP contribution in [0, 0.1) is 11.6 Å². The van der Waals surface area contributed by atoms with Crippen molar-refractivity contribution in [2.45, 2.75) is 0 Å². The van der Waals surface area contributed by atoms with Gasteiger partial charge in [0.15, 0.2) is 17.2 Å². The molecular weight excluding hydrogens is 286 g/mol. The van der Waals surface area contributed by atoms with Crippen molar-refractivity contribution < 1.29 is 18.0 Å². The number of furan rings is 1. The molecule has 1 heterocycles. The highest BCUT2D eigenvalue weighted by molar-refractivity contribution is 6.35. The molecule has 3 rings (SSSR count). The molecule has 1 aromatic heterocycles. The molecule has 0 saturated heterocycles. The van der Waals surface area contributed by atoms with Crippen molar-refractivity contribution >= 4 is 28.4 Å². The van der Waals surface area contributed by atoms with E-state index < -0.39 is 17.4 Å². The average Bonchev–Trinajstić information content (AvgIpc) is 2.87. The molecule has 20 heavy (non-hydrogen) atoms. The normalized spacial score (nSPS) is 10.9. The minimum atomic E-state index is -0.695. The molecule has 0 atom stereocenters. The van der Waals surface area contributed by atoms with E-state index in [-0.39, 0.29) is 21.9 Å². The van der Waals surface area contributed by atoms with Gasteiger partial charge in [-0.15, -0.1) is 0 Å². The molecule has 100 valence electrons. The Bertz CT molecular complexity index is 824. The van der Waals surface area contributed by atoms with Crippen molar-refractivity contribution in [3.05, 3.63) is 70.4 Å². The van der Waals surface area contributed by atoms with Gasteiger partial charge in [0.1, 0.15) is 5.82 Å². The predicted molar refractivity (Wildman–Crippen MR) is 71.0 cm³/mol. The zero-order valence-electron chi connectivity index (χ0n) is 9.99. The molecule has 0 N–H and O–H groups in total. The Morgan fingerprint density at radius 2 is 1.75 bits per heavy atom. The largest absolute Gasteiger partial charge is 0.449 e. The van der Waals surface area contributed by atoms with Crippen molar-refractivity contribution in [2.75, 3.05) is 0 Å². The molecule has 0 aliphatic carbocycles. The van der Waals surface area contributed by atoms with E-state index in [9.17, 15) is 13.6 Å². The van der Waals surface area contributed by atoms with Crippen molar-refractivity contribution in [1.29, 1.82) is 0 Å². The Morgan fingerprint density at radius 1 is 1.05 bits per heavy atom. The molecule has 0 radical (unpaired) electrons. The number of rotatable bonds is 2. The summed E-state index contributed by atoms with van der Waals surface area (Å²) in [5, 5.41) is 0.180. The Labute approximate surface area is 117 Å². The maximum Gasteiger partial charge on any atom is 0.229 e. The average molecular weight is 293 g/mol. The van der Waals surface area contributed by atoms with Gasteiger partial charge >= 0.3 is 0 Å². The minimum absolute atomic E-state index is 0.0108. The summed E-state index contributed by atoms with van der Waals surface area (Å²) >= 11 is 5.76. The van der Waals surface area contributed by atoms with Crippen LogP contribution in [0.2, 0.25) is 5.02 Å². The van der Waals surface area contributed by atoms with E-state index in [1.54, 1.807) is 6.07 Å². The number of carbonyl (C=O) groups is 1. The summed E-state index contributed by atoms with van der Waals surface area (Å²) in [6.07, 6.45) is 0. The lowest BCUT2D eigenvalue weighted by Gasteiger charge is -2.01. The van der Waals surface area contributed by atoms with Gasteiger partial charge in [0.25, 0.3) is 0 Å². The third kappa shape index (κ3) is 1.98. The zero-order chi connectivity index (χ0) is 14.3. The maximum atomic E-state index is 13.5. The summed E-state index contributed by atoms with van der Waals surface area (Å²) in [5.74, 6) is -1.94. The number of benzene rings is 2. The first kappa shape index (κ1) is 12.8. The topological polar surface area (TPSA) is 30.2 Å². The molecule has 5 heteroatoms. The van der Waals surface area contributed by atoms with Gasteiger partial charge in [-0.3, -0.25) is 4.79 Å². The van der Waals surface area contributed by atoms with Crippen LogP contribution in [0.1, 0.15) is 16.1 Å². The van der Waals surface area contributed by atoms with Crippen molar-refractivity contribution in [1.82, 2.24) is 0 Å². The number of carbonyl (C=O) groups excluding carboxylic acids is 1. The second kappa shape index (κ2) is 4.72. The fourth-order valence-corrected chi connectivity index (χ4v) is 2.16. The Kier molecular flexibility index (Phi) is 3.03. The fraction of sp³-hybridized carbons (Fsp3) is 0. The molecule has 3 aromatic rings. The highest BCUT2D eigenvalue weighted by Gasteiger charge is 2.20. The van der Waals surface area contributed by atoms with E-state index in [1.807, 2.05) is 0 Å². The number of ketones is 1. The second-order valence-electron chi connectivity index (χ2n) is 4.20. The predicted octanol–water partition coefficient (Wildman–Crippen LogP) is 4.60. The van der Waals surface area contributed by atoms with Gasteiger partial charge in [0.05, 0.1) is 5.02 Å². The smallest absolute Gasteiger partial charge is 0.229 e. The first-order valence-electron chi connectivity index (χ1n) is 5.74. The van der Waals surface area contributed by atoms with Crippen LogP contribution in [0.5, 0.6) is 0 Å². The number of hydrogen-bond acceptors (Lipinski definition) is 2. The lowest BCUT2D eigenvalue weighted by atomic mass is 10.1. The zero-order valence-corrected chi connectivity index (χ0v) is 10.7. The van der Waals surface area contributed by atoms with Crippen molar-refractivity contribution in [3.63, 3.8) is 0 Å². The summed E-state index contributed by atoms with van der Waals surface area (Å²) in [6, 6.07) is 9.67. The third-order valence-electron chi connectivity index (χ3n) is 2.92. The van der Waals surface area contributed by atoms with Crippen LogP contribution >= 0.6 is 11.6 Å². The quantitative estimate of drug-likeness (QED) is 0.646. The van der Waals surface area contributed by atoms with E-state index in [0.29, 0.717) is 5.39 Å². The van der Waals surface area contributed by atoms with E-state index >= 15 is 0 Å². The third-order valence-corrected chi connectivity index (χ3v) is 3.30. The standard InChI is InChI=1S/C15H7ClF2O2/c16-13-9(4-2-5-10(13)17)14(19)12-7-8-3-1-6-11(18)15(8)20-12/h1-7H. The van der Waals surface area contributed by atoms with E-state index in [4.69, 9.17) is 16.0 Å². The molecule has 0 saturated carbocycles. The monoisotopic (exact) mass is 292 g/mol. The molecule has 0 aliphatic heterocycles. The molecule has 0 unspecified atom stereocenters. The van der Waals surface area contributed by atoms with Crippen LogP contribution in [-0.2, 0) is 0 Å². The molecule has 0 spiro atoms. The van der Waals surface area contributed by atoms with Gasteiger partial charge in [0, 0.05) is 10.9 Å². The van der Waals surface area contributed by atoms with Crippen LogP contribution in [0.3, 0.4) is 0 Å². The summed E-state index contributed by atoms with van der Waals surface area (Å²) < 4.78 is 32.1. The maximum absolute atomic E-state index is 13.5. The molecular formula is C15H7ClF2O2. The van der Waals surface area contributed by atoms with Gasteiger partial charge in [-0.1, -0.05) is 29.8 Å². The second-order valence-corrected chi connectivity index (χ2v) is 4.58. The van der Waals surface area contributed by atoms with Crippen LogP contribution in [0.15, 0.2) is 46.9 Å². The molecule has 0 fully saturated rings.